The number of aryl methyl sites for hydroxylation is 1. The van der Waals surface area contributed by atoms with Crippen LogP contribution in [0.1, 0.15) is 37.8 Å². The number of hydrogen-bond donors (Lipinski definition) is 2. The molecule has 8 heteroatoms. The van der Waals surface area contributed by atoms with Gasteiger partial charge in [0, 0.05) is 30.7 Å². The summed E-state index contributed by atoms with van der Waals surface area (Å²) in [5.41, 5.74) is 6.39. The fourth-order valence-electron chi connectivity index (χ4n) is 4.14. The van der Waals surface area contributed by atoms with Gasteiger partial charge in [0.15, 0.2) is 0 Å². The summed E-state index contributed by atoms with van der Waals surface area (Å²) in [6, 6.07) is 1.28. The lowest BCUT2D eigenvalue weighted by atomic mass is 10.0. The molecule has 1 aromatic heterocycles. The highest BCUT2D eigenvalue weighted by atomic mass is 19.1. The molecule has 2 atom stereocenters. The Labute approximate surface area is 150 Å². The summed E-state index contributed by atoms with van der Waals surface area (Å²) in [6.07, 6.45) is 2.61. The maximum absolute atomic E-state index is 15.0. The topological polar surface area (TPSA) is 99.3 Å². The fourth-order valence-corrected chi connectivity index (χ4v) is 4.14. The zero-order valence-corrected chi connectivity index (χ0v) is 15.0. The Morgan fingerprint density at radius 1 is 1.27 bits per heavy atom. The van der Waals surface area contributed by atoms with Crippen LogP contribution >= 0.6 is 0 Å². The van der Waals surface area contributed by atoms with Crippen molar-refractivity contribution in [2.45, 2.75) is 45.2 Å². The highest BCUT2D eigenvalue weighted by Gasteiger charge is 2.32. The second kappa shape index (κ2) is 5.84. The summed E-state index contributed by atoms with van der Waals surface area (Å²) < 4.78 is 17.1. The van der Waals surface area contributed by atoms with E-state index < -0.39 is 17.1 Å². The second-order valence-corrected chi connectivity index (χ2v) is 7.64. The van der Waals surface area contributed by atoms with E-state index in [1.54, 1.807) is 11.5 Å². The first-order valence-corrected chi connectivity index (χ1v) is 9.07. The van der Waals surface area contributed by atoms with Gasteiger partial charge in [0.25, 0.3) is 5.56 Å². The zero-order valence-electron chi connectivity index (χ0n) is 15.0. The molecular formula is C18H24FN5O2. The third-order valence-electron chi connectivity index (χ3n) is 5.76. The number of hydrogen-bond acceptors (Lipinski definition) is 5. The molecule has 2 aliphatic rings. The van der Waals surface area contributed by atoms with E-state index in [9.17, 15) is 14.0 Å². The van der Waals surface area contributed by atoms with Gasteiger partial charge in [0.1, 0.15) is 5.82 Å². The molecule has 1 saturated heterocycles. The highest BCUT2D eigenvalue weighted by molar-refractivity contribution is 5.87. The number of nitrogen functional groups attached to an aromatic ring is 1. The van der Waals surface area contributed by atoms with Crippen LogP contribution in [0.15, 0.2) is 15.7 Å². The number of aromatic nitrogens is 2. The second-order valence-electron chi connectivity index (χ2n) is 7.64. The van der Waals surface area contributed by atoms with Crippen LogP contribution in [0.2, 0.25) is 0 Å². The van der Waals surface area contributed by atoms with Crippen molar-refractivity contribution in [2.24, 2.45) is 11.7 Å². The monoisotopic (exact) mass is 361 g/mol. The van der Waals surface area contributed by atoms with Crippen LogP contribution in [0.4, 0.5) is 10.1 Å². The number of rotatable bonds is 3. The van der Waals surface area contributed by atoms with Crippen molar-refractivity contribution < 1.29 is 4.39 Å². The molecule has 1 aliphatic heterocycles. The Hall–Kier alpha value is -2.35. The molecule has 1 saturated carbocycles. The molecule has 26 heavy (non-hydrogen) atoms. The molecule has 2 heterocycles. The number of fused-ring (bicyclic) bond motifs is 1. The molecule has 0 amide bonds. The summed E-state index contributed by atoms with van der Waals surface area (Å²) in [5, 5.41) is 0.153. The molecule has 0 bridgehead atoms. The van der Waals surface area contributed by atoms with Gasteiger partial charge in [-0.2, -0.15) is 4.68 Å². The lowest BCUT2D eigenvalue weighted by Crippen LogP contribution is -2.44. The number of nitrogens with zero attached hydrogens (tertiary/aromatic N) is 3. The van der Waals surface area contributed by atoms with Crippen LogP contribution < -0.4 is 27.7 Å². The average molecular weight is 361 g/mol. The number of nitrogens with two attached hydrogens (primary N) is 2. The number of halogens is 1. The molecule has 1 aliphatic carbocycles. The Kier molecular flexibility index (Phi) is 3.83. The van der Waals surface area contributed by atoms with Crippen molar-refractivity contribution in [3.05, 3.63) is 38.3 Å². The lowest BCUT2D eigenvalue weighted by Gasteiger charge is -2.24. The van der Waals surface area contributed by atoms with Crippen LogP contribution in [-0.4, -0.2) is 28.4 Å². The molecular weight excluding hydrogens is 337 g/mol. The Bertz CT molecular complexity index is 1010. The maximum Gasteiger partial charge on any atom is 0.350 e. The van der Waals surface area contributed by atoms with Gasteiger partial charge in [-0.25, -0.2) is 9.18 Å². The Balaban J connectivity index is 1.97. The third kappa shape index (κ3) is 2.43. The molecule has 2 fully saturated rings. The summed E-state index contributed by atoms with van der Waals surface area (Å²) in [5.74, 6) is 5.49. The van der Waals surface area contributed by atoms with E-state index >= 15 is 0 Å². The first-order chi connectivity index (χ1) is 12.3. The van der Waals surface area contributed by atoms with Crippen molar-refractivity contribution in [2.75, 3.05) is 23.8 Å². The number of benzene rings is 1. The normalized spacial score (nSPS) is 21.5. The molecule has 0 spiro atoms. The van der Waals surface area contributed by atoms with Crippen molar-refractivity contribution in [3.8, 4) is 0 Å². The molecule has 4 N–H and O–H groups in total. The SMILES string of the molecule is Cc1c(N2CC[C@H]([C@H](C)N)C2)c(F)cc2c(=O)n(N)c(=O)n(C3CC3)c12. The van der Waals surface area contributed by atoms with E-state index in [0.717, 1.165) is 19.3 Å². The van der Waals surface area contributed by atoms with Crippen molar-refractivity contribution >= 4 is 16.6 Å². The van der Waals surface area contributed by atoms with E-state index in [1.165, 1.54) is 6.07 Å². The maximum atomic E-state index is 15.0. The van der Waals surface area contributed by atoms with Crippen molar-refractivity contribution in [3.63, 3.8) is 0 Å². The van der Waals surface area contributed by atoms with Gasteiger partial charge in [0.2, 0.25) is 0 Å². The third-order valence-corrected chi connectivity index (χ3v) is 5.76. The average Bonchev–Trinajstić information content (AvgIpc) is 3.30. The van der Waals surface area contributed by atoms with Gasteiger partial charge < -0.3 is 16.5 Å². The zero-order chi connectivity index (χ0) is 18.7. The highest BCUT2D eigenvalue weighted by Crippen LogP contribution is 2.39. The molecule has 140 valence electrons. The minimum absolute atomic E-state index is 0.0211. The number of anilines is 1. The molecule has 2 aromatic rings. The minimum atomic E-state index is -0.662. The van der Waals surface area contributed by atoms with Gasteiger partial charge in [-0.15, -0.1) is 0 Å². The molecule has 7 nitrogen and oxygen atoms in total. The first-order valence-electron chi connectivity index (χ1n) is 9.07. The predicted molar refractivity (Wildman–Crippen MR) is 99.6 cm³/mol. The largest absolute Gasteiger partial charge is 0.369 e. The molecule has 0 unspecified atom stereocenters. The summed E-state index contributed by atoms with van der Waals surface area (Å²) in [6.45, 7) is 5.12. The summed E-state index contributed by atoms with van der Waals surface area (Å²) >= 11 is 0. The quantitative estimate of drug-likeness (QED) is 0.789. The smallest absolute Gasteiger partial charge is 0.350 e. The standard InChI is InChI=1S/C18H24FN5O2/c1-9-15-13(17(25)24(21)18(26)23(15)12-3-4-12)7-14(19)16(9)22-6-5-11(8-22)10(2)20/h7,10-12H,3-6,8,20-21H2,1-2H3/t10-,11-/m0/s1. The first kappa shape index (κ1) is 17.1. The van der Waals surface area contributed by atoms with Gasteiger partial charge in [0.05, 0.1) is 16.6 Å². The summed E-state index contributed by atoms with van der Waals surface area (Å²) in [7, 11) is 0. The minimum Gasteiger partial charge on any atom is -0.369 e. The van der Waals surface area contributed by atoms with Gasteiger partial charge in [-0.1, -0.05) is 0 Å². The predicted octanol–water partition coefficient (Wildman–Crippen LogP) is 0.833. The van der Waals surface area contributed by atoms with Gasteiger partial charge in [-0.05, 0) is 45.1 Å². The van der Waals surface area contributed by atoms with E-state index in [-0.39, 0.29) is 17.5 Å². The molecule has 4 rings (SSSR count). The van der Waals surface area contributed by atoms with E-state index in [0.29, 0.717) is 40.5 Å². The fraction of sp³-hybridized carbons (Fsp3) is 0.556. The van der Waals surface area contributed by atoms with Crippen LogP contribution in [0.5, 0.6) is 0 Å². The summed E-state index contributed by atoms with van der Waals surface area (Å²) in [4.78, 5) is 27.0. The van der Waals surface area contributed by atoms with Gasteiger partial charge in [-0.3, -0.25) is 9.36 Å². The van der Waals surface area contributed by atoms with Crippen LogP contribution in [0.25, 0.3) is 10.9 Å². The van der Waals surface area contributed by atoms with Crippen LogP contribution in [-0.2, 0) is 0 Å². The lowest BCUT2D eigenvalue weighted by molar-refractivity contribution is 0.487. The van der Waals surface area contributed by atoms with Crippen molar-refractivity contribution in [1.82, 2.24) is 9.24 Å². The van der Waals surface area contributed by atoms with E-state index in [4.69, 9.17) is 11.6 Å². The Morgan fingerprint density at radius 2 is 1.96 bits per heavy atom. The molecule has 0 radical (unpaired) electrons. The van der Waals surface area contributed by atoms with E-state index in [2.05, 4.69) is 0 Å². The van der Waals surface area contributed by atoms with Crippen LogP contribution in [0, 0.1) is 18.7 Å². The van der Waals surface area contributed by atoms with E-state index in [1.807, 2.05) is 11.8 Å². The molecule has 1 aromatic carbocycles. The van der Waals surface area contributed by atoms with Crippen molar-refractivity contribution in [1.29, 1.82) is 0 Å². The van der Waals surface area contributed by atoms with Gasteiger partial charge >= 0.3 is 5.69 Å². The van der Waals surface area contributed by atoms with Crippen LogP contribution in [0.3, 0.4) is 0 Å². The Morgan fingerprint density at radius 3 is 2.54 bits per heavy atom.